The van der Waals surface area contributed by atoms with Gasteiger partial charge in [0.2, 0.25) is 0 Å². The number of hydrogen-bond acceptors (Lipinski definition) is 4. The van der Waals surface area contributed by atoms with E-state index in [1.54, 1.807) is 6.20 Å². The number of anilines is 3. The van der Waals surface area contributed by atoms with E-state index in [1.165, 1.54) is 44.5 Å². The fraction of sp³-hybridized carbons (Fsp3) is 0.192. The highest BCUT2D eigenvalue weighted by Crippen LogP contribution is 2.78. The molecule has 78 heavy (non-hydrogen) atoms. The average molecular weight is 1020 g/mol. The molecule has 0 saturated carbocycles. The van der Waals surface area contributed by atoms with Crippen molar-refractivity contribution in [2.75, 3.05) is 16.5 Å². The monoisotopic (exact) mass is 1020 g/mol. The van der Waals surface area contributed by atoms with Gasteiger partial charge in [0.15, 0.2) is 0 Å². The largest absolute Gasteiger partial charge is 0.457 e. The summed E-state index contributed by atoms with van der Waals surface area (Å²) in [6.07, 6.45) is 1.62. The fourth-order valence-corrected chi connectivity index (χ4v) is 15.9. The molecular weight excluding hydrogens is 949 g/mol. The topological polar surface area (TPSA) is 33.5 Å². The number of para-hydroxylation sites is 3. The summed E-state index contributed by atoms with van der Waals surface area (Å²) in [5.41, 5.74) is 15.1. The lowest BCUT2D eigenvalue weighted by atomic mass is 9.33. The summed E-state index contributed by atoms with van der Waals surface area (Å²) in [6.45, 7) is 17.3. The van der Waals surface area contributed by atoms with Crippen LogP contribution < -0.4 is 14.5 Å². The third kappa shape index (κ3) is 5.89. The lowest BCUT2D eigenvalue weighted by molar-refractivity contribution is 0.0865. The fourth-order valence-electron chi connectivity index (χ4n) is 15.9. The highest BCUT2D eigenvalue weighted by molar-refractivity contribution is 6.09. The van der Waals surface area contributed by atoms with E-state index in [9.17, 15) is 0 Å². The minimum atomic E-state index is -0.786. The van der Waals surface area contributed by atoms with E-state index in [2.05, 4.69) is 220 Å². The lowest BCUT2D eigenvalue weighted by Gasteiger charge is -2.72. The quantitative estimate of drug-likeness (QED) is 0.166. The predicted molar refractivity (Wildman–Crippen MR) is 320 cm³/mol. The predicted octanol–water partition coefficient (Wildman–Crippen LogP) is 17.9. The van der Waals surface area contributed by atoms with E-state index in [0.717, 1.165) is 44.4 Å². The molecule has 0 saturated heterocycles. The number of ether oxygens (including phenoxy) is 1. The first-order valence-corrected chi connectivity index (χ1v) is 27.3. The molecule has 7 aliphatic rings. The Balaban J connectivity index is 0.884. The van der Waals surface area contributed by atoms with Crippen molar-refractivity contribution < 1.29 is 11.6 Å². The van der Waals surface area contributed by atoms with Crippen LogP contribution in [-0.2, 0) is 16.4 Å². The van der Waals surface area contributed by atoms with Crippen LogP contribution in [0.15, 0.2) is 231 Å². The van der Waals surface area contributed by atoms with Crippen LogP contribution in [0.2, 0.25) is 0 Å². The van der Waals surface area contributed by atoms with E-state index in [-0.39, 0.29) is 46.5 Å². The molecule has 0 atom stereocenters. The van der Waals surface area contributed by atoms with Crippen LogP contribution in [0.4, 0.5) is 17.1 Å². The van der Waals surface area contributed by atoms with Crippen molar-refractivity contribution in [2.24, 2.45) is 10.8 Å². The molecule has 1 aliphatic heterocycles. The van der Waals surface area contributed by atoms with Crippen LogP contribution in [-0.4, -0.2) is 16.2 Å². The molecular formula is C73H62N4O. The van der Waals surface area contributed by atoms with Crippen LogP contribution >= 0.6 is 0 Å². The minimum absolute atomic E-state index is 0.0120. The third-order valence-corrected chi connectivity index (χ3v) is 18.4. The first kappa shape index (κ1) is 41.5. The summed E-state index contributed by atoms with van der Waals surface area (Å²) >= 11 is 0. The van der Waals surface area contributed by atoms with Gasteiger partial charge in [0, 0.05) is 51.7 Å². The molecule has 2 aromatic heterocycles. The molecule has 5 nitrogen and oxygen atoms in total. The SMILES string of the molecule is [2H]c1c([2H])c([2H])c(-c2cnc(-n3c4ccccc4c4ccc(Oc5cccc(N6CN(C78c9ccccc9C(c9ccccc97)C7(C(C)(C)C)c9ccccc9C8(C(C)(C)C)c8ccccc87)c7ccccc76)c5)cc43)cc2C)c([2H])c1[2H]. The van der Waals surface area contributed by atoms with Crippen molar-refractivity contribution in [1.82, 2.24) is 9.55 Å². The maximum absolute atomic E-state index is 8.70. The Morgan fingerprint density at radius 1 is 0.538 bits per heavy atom. The molecule has 0 amide bonds. The van der Waals surface area contributed by atoms with E-state index >= 15 is 0 Å². The van der Waals surface area contributed by atoms with E-state index in [4.69, 9.17) is 16.6 Å². The zero-order valence-corrected chi connectivity index (χ0v) is 45.0. The Morgan fingerprint density at radius 3 is 1.77 bits per heavy atom. The molecule has 380 valence electrons. The average Bonchev–Trinajstić information content (AvgIpc) is 1.47. The standard InChI is InChI=1S/C73H62N4O/c1-47-42-67(74-45-56(47)48-24-9-8-10-25-48)77-63-37-20-13-28-52(63)53-41-40-51(44-66(53)77)78-50-27-23-26-49(43-50)75-46-76(65-39-22-21-38-64(65)75)73-57-31-14-11-29-54(57)68(55-30-12-15-32-58(55)73)71(69(2,3)4)59-33-16-18-35-61(59)72(73,70(5,6)7)62-36-19-17-34-60(62)71/h8-45,68H,46H2,1-7H3/i8D,9D,10D,24D,25D. The number of rotatable bonds is 6. The van der Waals surface area contributed by atoms with Crippen LogP contribution in [0.25, 0.3) is 38.8 Å². The molecule has 3 heterocycles. The lowest BCUT2D eigenvalue weighted by Crippen LogP contribution is -2.73. The zero-order chi connectivity index (χ0) is 57.3. The van der Waals surface area contributed by atoms with Crippen LogP contribution in [0.5, 0.6) is 11.5 Å². The van der Waals surface area contributed by atoms with Gasteiger partial charge < -0.3 is 14.5 Å². The summed E-state index contributed by atoms with van der Waals surface area (Å²) in [5.74, 6) is 1.99. The minimum Gasteiger partial charge on any atom is -0.457 e. The maximum Gasteiger partial charge on any atom is 0.137 e. The smallest absolute Gasteiger partial charge is 0.137 e. The van der Waals surface area contributed by atoms with Crippen molar-refractivity contribution in [2.45, 2.75) is 70.8 Å². The summed E-state index contributed by atoms with van der Waals surface area (Å²) < 4.78 is 51.4. The second kappa shape index (κ2) is 16.4. The van der Waals surface area contributed by atoms with Crippen molar-refractivity contribution in [1.29, 1.82) is 0 Å². The molecule has 11 aromatic rings. The van der Waals surface area contributed by atoms with Gasteiger partial charge in [0.1, 0.15) is 22.9 Å². The summed E-state index contributed by atoms with van der Waals surface area (Å²) in [5, 5.41) is 2.07. The van der Waals surface area contributed by atoms with E-state index < -0.39 is 22.4 Å². The van der Waals surface area contributed by atoms with Gasteiger partial charge >= 0.3 is 0 Å². The molecule has 0 fully saturated rings. The molecule has 0 spiro atoms. The van der Waals surface area contributed by atoms with Crippen molar-refractivity contribution in [3.8, 4) is 28.4 Å². The molecule has 0 N–H and O–H groups in total. The summed E-state index contributed by atoms with van der Waals surface area (Å²) in [7, 11) is 0. The Kier molecular flexibility index (Phi) is 8.74. The molecule has 0 radical (unpaired) electrons. The maximum atomic E-state index is 8.70. The normalized spacial score (nSPS) is 21.6. The Bertz CT molecular complexity index is 4440. The molecule has 6 aliphatic carbocycles. The zero-order valence-electron chi connectivity index (χ0n) is 50.0. The Morgan fingerprint density at radius 2 is 1.12 bits per heavy atom. The van der Waals surface area contributed by atoms with Gasteiger partial charge in [-0.3, -0.25) is 4.57 Å². The highest BCUT2D eigenvalue weighted by Gasteiger charge is 2.75. The van der Waals surface area contributed by atoms with Gasteiger partial charge in [0.25, 0.3) is 0 Å². The Hall–Kier alpha value is -8.67. The first-order chi connectivity index (χ1) is 40.0. The third-order valence-electron chi connectivity index (χ3n) is 18.4. The number of pyridine rings is 1. The highest BCUT2D eigenvalue weighted by atomic mass is 16.5. The second-order valence-electron chi connectivity index (χ2n) is 23.9. The molecule has 4 bridgehead atoms. The summed E-state index contributed by atoms with van der Waals surface area (Å²) in [6, 6.07) is 70.2. The molecule has 5 heteroatoms. The van der Waals surface area contributed by atoms with Gasteiger partial charge in [-0.1, -0.05) is 205 Å². The van der Waals surface area contributed by atoms with Crippen LogP contribution in [0.1, 0.15) is 104 Å². The molecule has 18 rings (SSSR count). The summed E-state index contributed by atoms with van der Waals surface area (Å²) in [4.78, 5) is 10.2. The number of hydrogen-bond donors (Lipinski definition) is 0. The van der Waals surface area contributed by atoms with Gasteiger partial charge in [-0.15, -0.1) is 0 Å². The first-order valence-electron chi connectivity index (χ1n) is 29.8. The second-order valence-corrected chi connectivity index (χ2v) is 23.9. The van der Waals surface area contributed by atoms with Gasteiger partial charge in [-0.25, -0.2) is 4.98 Å². The van der Waals surface area contributed by atoms with Gasteiger partial charge in [-0.05, 0) is 122 Å². The number of aryl methyl sites for hydroxylation is 1. The number of fused-ring (bicyclic) bond motifs is 4. The number of nitrogens with zero attached hydrogens (tertiary/aromatic N) is 4. The van der Waals surface area contributed by atoms with Crippen molar-refractivity contribution in [3.63, 3.8) is 0 Å². The van der Waals surface area contributed by atoms with E-state index in [1.807, 2.05) is 37.3 Å². The molecule has 0 unspecified atom stereocenters. The Labute approximate surface area is 465 Å². The van der Waals surface area contributed by atoms with Gasteiger partial charge in [0.05, 0.1) is 41.3 Å². The van der Waals surface area contributed by atoms with Crippen LogP contribution in [0.3, 0.4) is 0 Å². The number of aromatic nitrogens is 2. The number of benzene rings is 9. The molecule has 9 aromatic carbocycles. The van der Waals surface area contributed by atoms with Crippen molar-refractivity contribution in [3.05, 3.63) is 281 Å². The van der Waals surface area contributed by atoms with E-state index in [0.29, 0.717) is 29.5 Å². The van der Waals surface area contributed by atoms with Crippen molar-refractivity contribution >= 4 is 38.9 Å². The van der Waals surface area contributed by atoms with Crippen LogP contribution in [0, 0.1) is 17.8 Å². The van der Waals surface area contributed by atoms with Gasteiger partial charge in [-0.2, -0.15) is 0 Å².